The molecule has 0 radical (unpaired) electrons. The number of phenolic OH excluding ortho intramolecular Hbond substituents is 1. The zero-order valence-corrected chi connectivity index (χ0v) is 15.4. The predicted molar refractivity (Wildman–Crippen MR) is 95.3 cm³/mol. The number of morpholine rings is 1. The third kappa shape index (κ3) is 3.98. The molecule has 1 saturated heterocycles. The van der Waals surface area contributed by atoms with Crippen molar-refractivity contribution < 1.29 is 14.6 Å². The van der Waals surface area contributed by atoms with Crippen molar-refractivity contribution in [2.24, 2.45) is 0 Å². The van der Waals surface area contributed by atoms with Crippen LogP contribution >= 0.6 is 34.8 Å². The van der Waals surface area contributed by atoms with Crippen molar-refractivity contribution in [1.82, 2.24) is 4.90 Å². The summed E-state index contributed by atoms with van der Waals surface area (Å²) in [6.07, 6.45) is 0.323. The Labute approximate surface area is 144 Å². The summed E-state index contributed by atoms with van der Waals surface area (Å²) in [5, 5.41) is 10.0. The SMILES string of the molecule is CCOc1cc(C(=S)N2C[C@H](C)O[C@@H](C)C2)cc(I)c1O. The zero-order valence-electron chi connectivity index (χ0n) is 12.4. The second-order valence-electron chi connectivity index (χ2n) is 5.21. The van der Waals surface area contributed by atoms with Crippen LogP contribution in [0.15, 0.2) is 12.1 Å². The third-order valence-electron chi connectivity index (χ3n) is 3.28. The molecule has 1 aromatic carbocycles. The molecule has 1 aliphatic heterocycles. The Kier molecular flexibility index (Phi) is 5.67. The molecule has 2 atom stereocenters. The first-order valence-corrected chi connectivity index (χ1v) is 8.51. The summed E-state index contributed by atoms with van der Waals surface area (Å²) in [5.74, 6) is 0.656. The summed E-state index contributed by atoms with van der Waals surface area (Å²) in [6, 6.07) is 3.71. The summed E-state index contributed by atoms with van der Waals surface area (Å²) in [5.41, 5.74) is 0.900. The molecule has 1 aromatic rings. The monoisotopic (exact) mass is 421 g/mol. The molecule has 0 unspecified atom stereocenters. The lowest BCUT2D eigenvalue weighted by Crippen LogP contribution is -2.47. The smallest absolute Gasteiger partial charge is 0.171 e. The van der Waals surface area contributed by atoms with Crippen LogP contribution in [0.5, 0.6) is 11.5 Å². The minimum absolute atomic E-state index is 0.161. The van der Waals surface area contributed by atoms with Gasteiger partial charge in [-0.1, -0.05) is 12.2 Å². The van der Waals surface area contributed by atoms with Crippen LogP contribution < -0.4 is 4.74 Å². The van der Waals surface area contributed by atoms with Crippen LogP contribution in [-0.4, -0.2) is 46.9 Å². The van der Waals surface area contributed by atoms with Gasteiger partial charge < -0.3 is 19.5 Å². The van der Waals surface area contributed by atoms with Gasteiger partial charge in [0.1, 0.15) is 4.99 Å². The summed E-state index contributed by atoms with van der Waals surface area (Å²) < 4.78 is 12.0. The van der Waals surface area contributed by atoms with E-state index in [9.17, 15) is 5.11 Å². The standard InChI is InChI=1S/C15H20INO3S/c1-4-19-13-6-11(5-12(16)14(13)18)15(21)17-7-9(2)20-10(3)8-17/h5-6,9-10,18H,4,7-8H2,1-3H3/t9-,10-/m0/s1. The van der Waals surface area contributed by atoms with Crippen LogP contribution in [0.25, 0.3) is 0 Å². The van der Waals surface area contributed by atoms with E-state index in [1.165, 1.54) is 0 Å². The van der Waals surface area contributed by atoms with Crippen LogP contribution in [0.4, 0.5) is 0 Å². The average molecular weight is 421 g/mol. The first kappa shape index (κ1) is 16.8. The second-order valence-corrected chi connectivity index (χ2v) is 6.75. The molecule has 116 valence electrons. The predicted octanol–water partition coefficient (Wildman–Crippen LogP) is 3.18. The van der Waals surface area contributed by atoms with Crippen LogP contribution in [0.1, 0.15) is 26.3 Å². The Morgan fingerprint density at radius 3 is 2.62 bits per heavy atom. The Hall–Kier alpha value is -0.600. The van der Waals surface area contributed by atoms with Gasteiger partial charge in [-0.3, -0.25) is 0 Å². The fourth-order valence-electron chi connectivity index (χ4n) is 2.49. The number of aromatic hydroxyl groups is 1. The Morgan fingerprint density at radius 2 is 2.05 bits per heavy atom. The summed E-state index contributed by atoms with van der Waals surface area (Å²) >= 11 is 7.72. The molecular weight excluding hydrogens is 401 g/mol. The highest BCUT2D eigenvalue weighted by Crippen LogP contribution is 2.33. The number of halogens is 1. The molecule has 1 heterocycles. The van der Waals surface area contributed by atoms with Gasteiger partial charge in [0.2, 0.25) is 0 Å². The van der Waals surface area contributed by atoms with Gasteiger partial charge in [0.15, 0.2) is 11.5 Å². The highest BCUT2D eigenvalue weighted by atomic mass is 127. The Bertz CT molecular complexity index is 528. The van der Waals surface area contributed by atoms with Crippen LogP contribution in [0.3, 0.4) is 0 Å². The maximum Gasteiger partial charge on any atom is 0.171 e. The summed E-state index contributed by atoms with van der Waals surface area (Å²) in [4.78, 5) is 2.93. The largest absolute Gasteiger partial charge is 0.504 e. The lowest BCUT2D eigenvalue weighted by Gasteiger charge is -2.37. The number of ether oxygens (including phenoxy) is 2. The molecule has 21 heavy (non-hydrogen) atoms. The fourth-order valence-corrected chi connectivity index (χ4v) is 3.36. The number of hydrogen-bond acceptors (Lipinski definition) is 4. The van der Waals surface area contributed by atoms with Crippen LogP contribution in [0.2, 0.25) is 0 Å². The normalized spacial score (nSPS) is 22.2. The van der Waals surface area contributed by atoms with E-state index in [1.807, 2.05) is 19.1 Å². The van der Waals surface area contributed by atoms with E-state index in [4.69, 9.17) is 21.7 Å². The fraction of sp³-hybridized carbons (Fsp3) is 0.533. The van der Waals surface area contributed by atoms with E-state index >= 15 is 0 Å². The van der Waals surface area contributed by atoms with Gasteiger partial charge in [0.25, 0.3) is 0 Å². The molecular formula is C15H20INO3S. The van der Waals surface area contributed by atoms with Crippen molar-refractivity contribution in [2.45, 2.75) is 33.0 Å². The number of nitrogens with zero attached hydrogens (tertiary/aromatic N) is 1. The van der Waals surface area contributed by atoms with E-state index in [1.54, 1.807) is 0 Å². The minimum Gasteiger partial charge on any atom is -0.504 e. The van der Waals surface area contributed by atoms with Crippen molar-refractivity contribution in [3.8, 4) is 11.5 Å². The van der Waals surface area contributed by atoms with E-state index in [2.05, 4.69) is 41.3 Å². The molecule has 0 spiro atoms. The van der Waals surface area contributed by atoms with Crippen LogP contribution in [-0.2, 0) is 4.74 Å². The second kappa shape index (κ2) is 7.11. The Morgan fingerprint density at radius 1 is 1.43 bits per heavy atom. The highest BCUT2D eigenvalue weighted by molar-refractivity contribution is 14.1. The Balaban J connectivity index is 2.26. The van der Waals surface area contributed by atoms with Crippen LogP contribution in [0, 0.1) is 3.57 Å². The summed E-state index contributed by atoms with van der Waals surface area (Å²) in [7, 11) is 0. The van der Waals surface area contributed by atoms with Gasteiger partial charge in [0.05, 0.1) is 22.4 Å². The number of hydrogen-bond donors (Lipinski definition) is 1. The number of rotatable bonds is 3. The van der Waals surface area contributed by atoms with E-state index < -0.39 is 0 Å². The molecule has 0 aliphatic carbocycles. The van der Waals surface area contributed by atoms with E-state index in [0.29, 0.717) is 12.4 Å². The molecule has 1 fully saturated rings. The number of thiocarbonyl (C=S) groups is 1. The van der Waals surface area contributed by atoms with Crippen molar-refractivity contribution in [3.63, 3.8) is 0 Å². The highest BCUT2D eigenvalue weighted by Gasteiger charge is 2.25. The third-order valence-corrected chi connectivity index (χ3v) is 4.60. The maximum atomic E-state index is 10.0. The molecule has 4 nitrogen and oxygen atoms in total. The number of benzene rings is 1. The molecule has 0 aromatic heterocycles. The van der Waals surface area contributed by atoms with E-state index in [0.717, 1.165) is 27.2 Å². The van der Waals surface area contributed by atoms with Gasteiger partial charge >= 0.3 is 0 Å². The number of phenols is 1. The molecule has 0 amide bonds. The lowest BCUT2D eigenvalue weighted by atomic mass is 10.1. The molecule has 1 N–H and O–H groups in total. The quantitative estimate of drug-likeness (QED) is 0.600. The lowest BCUT2D eigenvalue weighted by molar-refractivity contribution is -0.0472. The molecule has 0 saturated carbocycles. The zero-order chi connectivity index (χ0) is 15.6. The molecule has 6 heteroatoms. The van der Waals surface area contributed by atoms with Gasteiger partial charge in [-0.05, 0) is 55.5 Å². The first-order valence-electron chi connectivity index (χ1n) is 7.02. The van der Waals surface area contributed by atoms with Crippen molar-refractivity contribution in [1.29, 1.82) is 0 Å². The molecule has 2 rings (SSSR count). The first-order chi connectivity index (χ1) is 9.92. The van der Waals surface area contributed by atoms with Crippen molar-refractivity contribution in [2.75, 3.05) is 19.7 Å². The van der Waals surface area contributed by atoms with Crippen molar-refractivity contribution >= 4 is 39.8 Å². The average Bonchev–Trinajstić information content (AvgIpc) is 2.42. The summed E-state index contributed by atoms with van der Waals surface area (Å²) in [6.45, 7) is 8.07. The van der Waals surface area contributed by atoms with Crippen molar-refractivity contribution in [3.05, 3.63) is 21.3 Å². The van der Waals surface area contributed by atoms with E-state index in [-0.39, 0.29) is 18.0 Å². The minimum atomic E-state index is 0.161. The molecule has 0 bridgehead atoms. The molecule has 1 aliphatic rings. The van der Waals surface area contributed by atoms with Gasteiger partial charge in [0, 0.05) is 18.7 Å². The van der Waals surface area contributed by atoms with Gasteiger partial charge in [-0.15, -0.1) is 0 Å². The van der Waals surface area contributed by atoms with Gasteiger partial charge in [-0.25, -0.2) is 0 Å². The van der Waals surface area contributed by atoms with Gasteiger partial charge in [-0.2, -0.15) is 0 Å². The topological polar surface area (TPSA) is 41.9 Å². The maximum absolute atomic E-state index is 10.0.